The average molecular weight is 291 g/mol. The van der Waals surface area contributed by atoms with Crippen LogP contribution >= 0.6 is 11.6 Å². The predicted molar refractivity (Wildman–Crippen MR) is 75.0 cm³/mol. The van der Waals surface area contributed by atoms with Crippen LogP contribution in [0.15, 0.2) is 30.0 Å². The number of pyridine rings is 1. The van der Waals surface area contributed by atoms with Gasteiger partial charge in [-0.2, -0.15) is 5.26 Å². The molecule has 1 aromatic rings. The molecular weight excluding hydrogens is 276 g/mol. The number of rotatable bonds is 2. The van der Waals surface area contributed by atoms with Crippen LogP contribution in [0.25, 0.3) is 0 Å². The van der Waals surface area contributed by atoms with Crippen molar-refractivity contribution in [2.75, 3.05) is 7.11 Å². The lowest BCUT2D eigenvalue weighted by molar-refractivity contribution is -0.128. The van der Waals surface area contributed by atoms with Crippen LogP contribution in [0.2, 0.25) is 5.15 Å². The zero-order valence-electron chi connectivity index (χ0n) is 11.6. The average Bonchev–Trinajstić information content (AvgIpc) is 2.42. The third-order valence-electron chi connectivity index (χ3n) is 3.64. The normalized spacial score (nSPS) is 24.9. The Morgan fingerprint density at radius 2 is 2.20 bits per heavy atom. The smallest absolute Gasteiger partial charge is 0.178 e. The zero-order valence-corrected chi connectivity index (χ0v) is 12.4. The Bertz CT molecular complexity index is 631. The fourth-order valence-corrected chi connectivity index (χ4v) is 2.93. The lowest BCUT2D eigenvalue weighted by Gasteiger charge is -2.40. The second-order valence-corrected chi connectivity index (χ2v) is 5.85. The molecule has 104 valence electrons. The molecule has 0 unspecified atom stereocenters. The number of aromatic nitrogens is 1. The topological polar surface area (TPSA) is 63.0 Å². The summed E-state index contributed by atoms with van der Waals surface area (Å²) in [5.74, 6) is -0.173. The second kappa shape index (κ2) is 5.01. The molecular formula is C15H15ClN2O2. The van der Waals surface area contributed by atoms with Gasteiger partial charge in [-0.3, -0.25) is 4.79 Å². The van der Waals surface area contributed by atoms with Gasteiger partial charge in [-0.1, -0.05) is 31.5 Å². The Morgan fingerprint density at radius 3 is 2.75 bits per heavy atom. The van der Waals surface area contributed by atoms with E-state index in [1.54, 1.807) is 45.4 Å². The van der Waals surface area contributed by atoms with Crippen molar-refractivity contribution in [3.05, 3.63) is 40.7 Å². The van der Waals surface area contributed by atoms with Crippen molar-refractivity contribution in [1.29, 1.82) is 5.26 Å². The molecule has 1 atom stereocenters. The monoisotopic (exact) mass is 290 g/mol. The Balaban J connectivity index is 2.68. The lowest BCUT2D eigenvalue weighted by atomic mass is 9.68. The van der Waals surface area contributed by atoms with E-state index in [1.807, 2.05) is 6.07 Å². The Morgan fingerprint density at radius 1 is 1.50 bits per heavy atom. The standard InChI is InChI=1S/C15H15ClN2O2/c1-14(2)9-15(20-3,7-10(8-17)12(14)19)11-5-4-6-18-13(11)16/h4-7H,9H2,1-3H3/t15-/m1/s1. The molecule has 0 saturated carbocycles. The van der Waals surface area contributed by atoms with Crippen molar-refractivity contribution in [3.8, 4) is 6.07 Å². The number of nitrogens with zero attached hydrogens (tertiary/aromatic N) is 2. The summed E-state index contributed by atoms with van der Waals surface area (Å²) in [6.07, 6.45) is 3.55. The Hall–Kier alpha value is -1.70. The van der Waals surface area contributed by atoms with Crippen LogP contribution in [0.5, 0.6) is 0 Å². The SMILES string of the molecule is CO[C@]1(c2cccnc2Cl)C=C(C#N)C(=O)C(C)(C)C1. The number of ether oxygens (including phenoxy) is 1. The van der Waals surface area contributed by atoms with Gasteiger partial charge in [0.25, 0.3) is 0 Å². The van der Waals surface area contributed by atoms with Gasteiger partial charge in [-0.25, -0.2) is 4.98 Å². The van der Waals surface area contributed by atoms with E-state index in [1.165, 1.54) is 0 Å². The molecule has 0 bridgehead atoms. The number of Topliss-reactive ketones (excluding diaryl/α,β-unsaturated/α-hetero) is 1. The summed E-state index contributed by atoms with van der Waals surface area (Å²) in [6, 6.07) is 5.51. The first kappa shape index (κ1) is 14.7. The number of allylic oxidation sites excluding steroid dienone is 1. The molecule has 1 aliphatic carbocycles. The van der Waals surface area contributed by atoms with Gasteiger partial charge in [0.15, 0.2) is 5.78 Å². The molecule has 2 rings (SSSR count). The molecule has 0 amide bonds. The summed E-state index contributed by atoms with van der Waals surface area (Å²) in [4.78, 5) is 16.3. The van der Waals surface area contributed by atoms with E-state index in [0.717, 1.165) is 0 Å². The maximum absolute atomic E-state index is 12.2. The van der Waals surface area contributed by atoms with Gasteiger partial charge in [0.1, 0.15) is 16.8 Å². The van der Waals surface area contributed by atoms with Gasteiger partial charge in [-0.05, 0) is 18.6 Å². The van der Waals surface area contributed by atoms with Crippen molar-refractivity contribution >= 4 is 17.4 Å². The van der Waals surface area contributed by atoms with E-state index in [-0.39, 0.29) is 11.4 Å². The van der Waals surface area contributed by atoms with Gasteiger partial charge in [-0.15, -0.1) is 0 Å². The highest BCUT2D eigenvalue weighted by Gasteiger charge is 2.47. The number of hydrogen-bond acceptors (Lipinski definition) is 4. The number of ketones is 1. The Labute approximate surface area is 123 Å². The number of carbonyl (C=O) groups is 1. The van der Waals surface area contributed by atoms with E-state index in [2.05, 4.69) is 4.98 Å². The number of nitriles is 1. The lowest BCUT2D eigenvalue weighted by Crippen LogP contribution is -2.42. The fraction of sp³-hybridized carbons (Fsp3) is 0.400. The highest BCUT2D eigenvalue weighted by Crippen LogP contribution is 2.46. The van der Waals surface area contributed by atoms with Crippen LogP contribution in [0, 0.1) is 16.7 Å². The molecule has 20 heavy (non-hydrogen) atoms. The van der Waals surface area contributed by atoms with Crippen LogP contribution in [0.4, 0.5) is 0 Å². The van der Waals surface area contributed by atoms with E-state index in [0.29, 0.717) is 17.1 Å². The molecule has 1 aliphatic rings. The largest absolute Gasteiger partial charge is 0.369 e. The quantitative estimate of drug-likeness (QED) is 0.785. The fourth-order valence-electron chi connectivity index (χ4n) is 2.65. The maximum Gasteiger partial charge on any atom is 0.178 e. The number of carbonyl (C=O) groups excluding carboxylic acids is 1. The summed E-state index contributed by atoms with van der Waals surface area (Å²) >= 11 is 6.16. The number of hydrogen-bond donors (Lipinski definition) is 0. The summed E-state index contributed by atoms with van der Waals surface area (Å²) in [5, 5.41) is 9.51. The van der Waals surface area contributed by atoms with Crippen molar-refractivity contribution in [3.63, 3.8) is 0 Å². The molecule has 0 radical (unpaired) electrons. The van der Waals surface area contributed by atoms with Crippen LogP contribution in [0.3, 0.4) is 0 Å². The van der Waals surface area contributed by atoms with Crippen molar-refractivity contribution < 1.29 is 9.53 Å². The first-order valence-electron chi connectivity index (χ1n) is 6.20. The minimum absolute atomic E-state index is 0.100. The van der Waals surface area contributed by atoms with E-state index in [4.69, 9.17) is 16.3 Å². The van der Waals surface area contributed by atoms with Gasteiger partial charge in [0.2, 0.25) is 0 Å². The molecule has 0 aromatic carbocycles. The maximum atomic E-state index is 12.2. The van der Waals surface area contributed by atoms with Crippen LogP contribution in [-0.2, 0) is 15.1 Å². The summed E-state index contributed by atoms with van der Waals surface area (Å²) in [6.45, 7) is 3.61. The van der Waals surface area contributed by atoms with Crippen LogP contribution in [-0.4, -0.2) is 17.9 Å². The highest BCUT2D eigenvalue weighted by molar-refractivity contribution is 6.30. The molecule has 0 spiro atoms. The van der Waals surface area contributed by atoms with Crippen molar-refractivity contribution in [1.82, 2.24) is 4.98 Å². The zero-order chi connectivity index (χ0) is 15.0. The first-order chi connectivity index (χ1) is 9.36. The minimum Gasteiger partial charge on any atom is -0.369 e. The predicted octanol–water partition coefficient (Wildman–Crippen LogP) is 3.03. The number of methoxy groups -OCH3 is 1. The van der Waals surface area contributed by atoms with Crippen LogP contribution < -0.4 is 0 Å². The summed E-state index contributed by atoms with van der Waals surface area (Å²) in [5.41, 5.74) is -0.844. The molecule has 1 aromatic heterocycles. The molecule has 4 nitrogen and oxygen atoms in total. The number of halogens is 1. The van der Waals surface area contributed by atoms with Crippen LogP contribution in [0.1, 0.15) is 25.8 Å². The molecule has 0 N–H and O–H groups in total. The third-order valence-corrected chi connectivity index (χ3v) is 3.94. The molecule has 0 saturated heterocycles. The van der Waals surface area contributed by atoms with E-state index in [9.17, 15) is 10.1 Å². The third kappa shape index (κ3) is 2.24. The van der Waals surface area contributed by atoms with Gasteiger partial charge in [0, 0.05) is 24.3 Å². The van der Waals surface area contributed by atoms with Crippen molar-refractivity contribution in [2.24, 2.45) is 5.41 Å². The summed E-state index contributed by atoms with van der Waals surface area (Å²) in [7, 11) is 1.54. The first-order valence-corrected chi connectivity index (χ1v) is 6.58. The van der Waals surface area contributed by atoms with Gasteiger partial charge >= 0.3 is 0 Å². The van der Waals surface area contributed by atoms with Gasteiger partial charge in [0.05, 0.1) is 5.57 Å². The van der Waals surface area contributed by atoms with Crippen molar-refractivity contribution in [2.45, 2.75) is 25.9 Å². The molecule has 5 heteroatoms. The summed E-state index contributed by atoms with van der Waals surface area (Å²) < 4.78 is 5.66. The molecule has 1 heterocycles. The van der Waals surface area contributed by atoms with Gasteiger partial charge < -0.3 is 4.74 Å². The van der Waals surface area contributed by atoms with E-state index < -0.39 is 11.0 Å². The minimum atomic E-state index is -0.909. The second-order valence-electron chi connectivity index (χ2n) is 5.49. The van der Waals surface area contributed by atoms with E-state index >= 15 is 0 Å². The molecule has 0 aliphatic heterocycles. The highest BCUT2D eigenvalue weighted by atomic mass is 35.5. The molecule has 0 fully saturated rings. The Kier molecular flexibility index (Phi) is 3.68.